The molecule has 0 saturated heterocycles. The monoisotopic (exact) mass is 486 g/mol. The molecule has 0 radical (unpaired) electrons. The number of fused-ring (bicyclic) bond motifs is 3. The Morgan fingerprint density at radius 3 is 0.972 bits per heavy atom. The molecule has 3 aromatic carbocycles. The summed E-state index contributed by atoms with van der Waals surface area (Å²) in [6, 6.07) is 23.1. The molecule has 0 aliphatic heterocycles. The van der Waals surface area contributed by atoms with Crippen molar-refractivity contribution in [2.45, 2.75) is 40.4 Å². The predicted molar refractivity (Wildman–Crippen MR) is 145 cm³/mol. The van der Waals surface area contributed by atoms with E-state index in [2.05, 4.69) is 15.0 Å². The van der Waals surface area contributed by atoms with Gasteiger partial charge in [0.05, 0.1) is 33.1 Å². The van der Waals surface area contributed by atoms with Crippen molar-refractivity contribution in [3.05, 3.63) is 104 Å². The number of aryl methyl sites for hydroxylation is 3. The Morgan fingerprint density at radius 2 is 0.722 bits per heavy atom. The molecule has 0 saturated carbocycles. The van der Waals surface area contributed by atoms with Gasteiger partial charge in [-0.3, -0.25) is 13.7 Å². The summed E-state index contributed by atoms with van der Waals surface area (Å²) in [5.74, 6) is 0. The van der Waals surface area contributed by atoms with Crippen molar-refractivity contribution < 1.29 is 0 Å². The van der Waals surface area contributed by atoms with Crippen molar-refractivity contribution in [1.29, 1.82) is 0 Å². The summed E-state index contributed by atoms with van der Waals surface area (Å²) in [6.07, 6.45) is 0. The van der Waals surface area contributed by atoms with E-state index in [0.29, 0.717) is 19.6 Å². The molecule has 0 atom stereocenters. The summed E-state index contributed by atoms with van der Waals surface area (Å²) in [5.41, 5.74) is 5.56. The SMILES string of the molecule is CCn1c(=O)[nH]c2ccccc21.CCn1c(=O)[nH]c2ccccc21.CCn1c(=O)[nH]c2ccccc21. The molecule has 6 rings (SSSR count). The van der Waals surface area contributed by atoms with Crippen LogP contribution in [0.2, 0.25) is 0 Å². The summed E-state index contributed by atoms with van der Waals surface area (Å²) in [4.78, 5) is 42.2. The van der Waals surface area contributed by atoms with Gasteiger partial charge in [0.1, 0.15) is 0 Å². The van der Waals surface area contributed by atoms with Crippen LogP contribution in [0.3, 0.4) is 0 Å². The van der Waals surface area contributed by atoms with Crippen LogP contribution in [-0.4, -0.2) is 28.7 Å². The number of para-hydroxylation sites is 6. The minimum absolute atomic E-state index is 0.0290. The van der Waals surface area contributed by atoms with E-state index in [-0.39, 0.29) is 17.1 Å². The molecule has 9 heteroatoms. The van der Waals surface area contributed by atoms with Crippen molar-refractivity contribution in [2.24, 2.45) is 0 Å². The lowest BCUT2D eigenvalue weighted by molar-refractivity contribution is 0.753. The summed E-state index contributed by atoms with van der Waals surface area (Å²) < 4.78 is 5.15. The second-order valence-corrected chi connectivity index (χ2v) is 8.07. The Morgan fingerprint density at radius 1 is 0.472 bits per heavy atom. The lowest BCUT2D eigenvalue weighted by Gasteiger charge is -1.95. The summed E-state index contributed by atoms with van der Waals surface area (Å²) >= 11 is 0. The first kappa shape index (κ1) is 24.6. The highest BCUT2D eigenvalue weighted by molar-refractivity contribution is 5.76. The van der Waals surface area contributed by atoms with Crippen molar-refractivity contribution in [1.82, 2.24) is 28.7 Å². The molecule has 9 nitrogen and oxygen atoms in total. The van der Waals surface area contributed by atoms with Crippen molar-refractivity contribution in [3.63, 3.8) is 0 Å². The van der Waals surface area contributed by atoms with Gasteiger partial charge >= 0.3 is 17.1 Å². The quantitative estimate of drug-likeness (QED) is 0.351. The van der Waals surface area contributed by atoms with E-state index in [1.54, 1.807) is 13.7 Å². The Balaban J connectivity index is 0.000000127. The third-order valence-electron chi connectivity index (χ3n) is 5.99. The highest BCUT2D eigenvalue weighted by atomic mass is 16.2. The van der Waals surface area contributed by atoms with Gasteiger partial charge in [0.25, 0.3) is 0 Å². The predicted octanol–water partition coefficient (Wildman–Crippen LogP) is 4.05. The van der Waals surface area contributed by atoms with Crippen LogP contribution in [0.5, 0.6) is 0 Å². The maximum atomic E-state index is 11.3. The van der Waals surface area contributed by atoms with Gasteiger partial charge in [0, 0.05) is 19.6 Å². The van der Waals surface area contributed by atoms with Crippen LogP contribution in [0.4, 0.5) is 0 Å². The molecule has 3 aromatic heterocycles. The van der Waals surface area contributed by atoms with Gasteiger partial charge in [-0.1, -0.05) is 36.4 Å². The maximum Gasteiger partial charge on any atom is 0.326 e. The number of nitrogens with zero attached hydrogens (tertiary/aromatic N) is 3. The number of aromatic nitrogens is 6. The average molecular weight is 487 g/mol. The number of H-pyrrole nitrogens is 3. The van der Waals surface area contributed by atoms with E-state index in [0.717, 1.165) is 33.1 Å². The summed E-state index contributed by atoms with van der Waals surface area (Å²) in [7, 11) is 0. The molecule has 0 aliphatic carbocycles. The Kier molecular flexibility index (Phi) is 7.39. The highest BCUT2D eigenvalue weighted by Crippen LogP contribution is 2.09. The number of nitrogens with one attached hydrogen (secondary N) is 3. The molecule has 186 valence electrons. The normalized spacial score (nSPS) is 10.8. The average Bonchev–Trinajstić information content (AvgIpc) is 3.52. The molecule has 0 amide bonds. The molecular weight excluding hydrogens is 456 g/mol. The molecule has 3 N–H and O–H groups in total. The van der Waals surface area contributed by atoms with Gasteiger partial charge in [-0.05, 0) is 57.2 Å². The number of hydrogen-bond acceptors (Lipinski definition) is 3. The van der Waals surface area contributed by atoms with Gasteiger partial charge < -0.3 is 15.0 Å². The lowest BCUT2D eigenvalue weighted by Crippen LogP contribution is -2.14. The zero-order chi connectivity index (χ0) is 25.7. The fourth-order valence-corrected chi connectivity index (χ4v) is 4.26. The first-order chi connectivity index (χ1) is 17.5. The lowest BCUT2D eigenvalue weighted by atomic mass is 10.3. The molecule has 0 bridgehead atoms. The van der Waals surface area contributed by atoms with E-state index in [4.69, 9.17) is 0 Å². The zero-order valence-electron chi connectivity index (χ0n) is 20.6. The number of imidazole rings is 3. The Bertz CT molecular complexity index is 1570. The minimum Gasteiger partial charge on any atom is -0.306 e. The summed E-state index contributed by atoms with van der Waals surface area (Å²) in [6.45, 7) is 8.01. The van der Waals surface area contributed by atoms with E-state index in [9.17, 15) is 14.4 Å². The minimum atomic E-state index is -0.0290. The van der Waals surface area contributed by atoms with Crippen molar-refractivity contribution >= 4 is 33.1 Å². The third kappa shape index (κ3) is 4.81. The van der Waals surface area contributed by atoms with Crippen molar-refractivity contribution in [2.75, 3.05) is 0 Å². The zero-order valence-corrected chi connectivity index (χ0v) is 20.6. The topological polar surface area (TPSA) is 113 Å². The second-order valence-electron chi connectivity index (χ2n) is 8.07. The first-order valence-corrected chi connectivity index (χ1v) is 12.0. The van der Waals surface area contributed by atoms with E-state index < -0.39 is 0 Å². The van der Waals surface area contributed by atoms with Crippen LogP contribution in [-0.2, 0) is 19.6 Å². The molecule has 36 heavy (non-hydrogen) atoms. The fraction of sp³-hybridized carbons (Fsp3) is 0.222. The van der Waals surface area contributed by atoms with Crippen LogP contribution < -0.4 is 17.1 Å². The van der Waals surface area contributed by atoms with Crippen LogP contribution in [0.25, 0.3) is 33.1 Å². The Hall–Kier alpha value is -4.53. The fourth-order valence-electron chi connectivity index (χ4n) is 4.26. The molecule has 3 heterocycles. The van der Waals surface area contributed by atoms with Crippen LogP contribution >= 0.6 is 0 Å². The molecule has 0 fully saturated rings. The summed E-state index contributed by atoms with van der Waals surface area (Å²) in [5, 5.41) is 0. The van der Waals surface area contributed by atoms with Gasteiger partial charge in [-0.15, -0.1) is 0 Å². The third-order valence-corrected chi connectivity index (χ3v) is 5.99. The number of aromatic amines is 3. The van der Waals surface area contributed by atoms with Gasteiger partial charge in [-0.25, -0.2) is 14.4 Å². The Labute approximate surface area is 206 Å². The molecule has 6 aromatic rings. The first-order valence-electron chi connectivity index (χ1n) is 12.0. The largest absolute Gasteiger partial charge is 0.326 e. The highest BCUT2D eigenvalue weighted by Gasteiger charge is 2.03. The second kappa shape index (κ2) is 10.8. The van der Waals surface area contributed by atoms with Crippen LogP contribution in [0.15, 0.2) is 87.2 Å². The van der Waals surface area contributed by atoms with E-state index in [1.165, 1.54) is 0 Å². The molecule has 0 aliphatic rings. The van der Waals surface area contributed by atoms with Crippen LogP contribution in [0, 0.1) is 0 Å². The van der Waals surface area contributed by atoms with E-state index in [1.807, 2.05) is 93.6 Å². The molecular formula is C27H30N6O3. The van der Waals surface area contributed by atoms with Crippen LogP contribution in [0.1, 0.15) is 20.8 Å². The number of rotatable bonds is 3. The van der Waals surface area contributed by atoms with Gasteiger partial charge in [0.15, 0.2) is 0 Å². The standard InChI is InChI=1S/3C9H10N2O/c3*1-2-11-8-6-4-3-5-7(8)10-9(11)12/h3*3-6H,2H2,1H3,(H,10,12). The smallest absolute Gasteiger partial charge is 0.306 e. The van der Waals surface area contributed by atoms with E-state index >= 15 is 0 Å². The molecule has 0 spiro atoms. The molecule has 0 unspecified atom stereocenters. The number of hydrogen-bond donors (Lipinski definition) is 3. The maximum absolute atomic E-state index is 11.3. The van der Waals surface area contributed by atoms with Gasteiger partial charge in [-0.2, -0.15) is 0 Å². The van der Waals surface area contributed by atoms with Crippen molar-refractivity contribution in [3.8, 4) is 0 Å². The van der Waals surface area contributed by atoms with Gasteiger partial charge in [0.2, 0.25) is 0 Å². The number of benzene rings is 3.